The lowest BCUT2D eigenvalue weighted by atomic mass is 10.1. The zero-order valence-electron chi connectivity index (χ0n) is 9.62. The lowest BCUT2D eigenvalue weighted by Gasteiger charge is -2.15. The Labute approximate surface area is 107 Å². The quantitative estimate of drug-likeness (QED) is 0.763. The van der Waals surface area contributed by atoms with Gasteiger partial charge in [0, 0.05) is 5.69 Å². The highest BCUT2D eigenvalue weighted by molar-refractivity contribution is 6.15. The highest BCUT2D eigenvalue weighted by atomic mass is 16.4. The molecule has 0 spiro atoms. The molecule has 1 aliphatic heterocycles. The lowest BCUT2D eigenvalue weighted by molar-refractivity contribution is -0.121. The van der Waals surface area contributed by atoms with E-state index < -0.39 is 23.4 Å². The Hall–Kier alpha value is -2.70. The van der Waals surface area contributed by atoms with Crippen LogP contribution in [0, 0.1) is 0 Å². The topological polar surface area (TPSA) is 112 Å². The number of nitrogens with zero attached hydrogens (tertiary/aromatic N) is 1. The highest BCUT2D eigenvalue weighted by Gasteiger charge is 2.29. The van der Waals surface area contributed by atoms with Crippen LogP contribution in [0.1, 0.15) is 27.1 Å². The van der Waals surface area contributed by atoms with Gasteiger partial charge in [0.2, 0.25) is 5.91 Å². The molecule has 1 saturated heterocycles. The van der Waals surface area contributed by atoms with Gasteiger partial charge in [-0.3, -0.25) is 9.59 Å². The van der Waals surface area contributed by atoms with Crippen LogP contribution in [0.25, 0.3) is 0 Å². The lowest BCUT2D eigenvalue weighted by Crippen LogP contribution is -2.25. The van der Waals surface area contributed by atoms with E-state index in [4.69, 9.17) is 10.2 Å². The largest absolute Gasteiger partial charge is 0.478 e. The third-order valence-electron chi connectivity index (χ3n) is 2.76. The van der Waals surface area contributed by atoms with E-state index in [1.165, 1.54) is 6.07 Å². The molecule has 2 N–H and O–H groups in total. The molecule has 1 aromatic rings. The van der Waals surface area contributed by atoms with E-state index in [1.54, 1.807) is 0 Å². The molecule has 0 aliphatic carbocycles. The number of carboxylic acids is 2. The van der Waals surface area contributed by atoms with Crippen molar-refractivity contribution >= 4 is 29.3 Å². The molecule has 98 valence electrons. The summed E-state index contributed by atoms with van der Waals surface area (Å²) in [6, 6.07) is 3.51. The number of ketones is 1. The van der Waals surface area contributed by atoms with Gasteiger partial charge in [-0.15, -0.1) is 0 Å². The summed E-state index contributed by atoms with van der Waals surface area (Å²) in [7, 11) is 0. The van der Waals surface area contributed by atoms with Crippen LogP contribution in [0.3, 0.4) is 0 Å². The Morgan fingerprint density at radius 3 is 2.16 bits per heavy atom. The Morgan fingerprint density at radius 2 is 1.68 bits per heavy atom. The summed E-state index contributed by atoms with van der Waals surface area (Å²) in [4.78, 5) is 45.7. The van der Waals surface area contributed by atoms with E-state index in [1.807, 2.05) is 0 Å². The maximum Gasteiger partial charge on any atom is 0.336 e. The van der Waals surface area contributed by atoms with E-state index in [9.17, 15) is 19.2 Å². The van der Waals surface area contributed by atoms with Crippen LogP contribution in [0.4, 0.5) is 5.69 Å². The molecule has 1 aliphatic rings. The Morgan fingerprint density at radius 1 is 1.05 bits per heavy atom. The van der Waals surface area contributed by atoms with Crippen molar-refractivity contribution in [3.63, 3.8) is 0 Å². The predicted molar refractivity (Wildman–Crippen MR) is 62.3 cm³/mol. The van der Waals surface area contributed by atoms with E-state index in [0.29, 0.717) is 0 Å². The third-order valence-corrected chi connectivity index (χ3v) is 2.76. The number of Topliss-reactive ketones (excluding diaryl/α,β-unsaturated/α-hetero) is 1. The van der Waals surface area contributed by atoms with Crippen molar-refractivity contribution < 1.29 is 29.4 Å². The Kier molecular flexibility index (Phi) is 3.04. The van der Waals surface area contributed by atoms with E-state index in [2.05, 4.69) is 0 Å². The number of carbonyl (C=O) groups excluding carboxylic acids is 2. The second-order valence-electron chi connectivity index (χ2n) is 4.04. The molecule has 0 bridgehead atoms. The van der Waals surface area contributed by atoms with Gasteiger partial charge in [0.15, 0.2) is 5.78 Å². The highest BCUT2D eigenvalue weighted by Crippen LogP contribution is 2.23. The second-order valence-corrected chi connectivity index (χ2v) is 4.04. The molecule has 7 heteroatoms. The fourth-order valence-electron chi connectivity index (χ4n) is 1.88. The monoisotopic (exact) mass is 263 g/mol. The molecular weight excluding hydrogens is 254 g/mol. The SMILES string of the molecule is O=C1CC(=O)N(c2ccc(C(=O)O)c(C(=O)O)c2)C1. The van der Waals surface area contributed by atoms with Gasteiger partial charge in [0.05, 0.1) is 24.1 Å². The van der Waals surface area contributed by atoms with Crippen LogP contribution >= 0.6 is 0 Å². The number of carbonyl (C=O) groups is 4. The zero-order valence-corrected chi connectivity index (χ0v) is 9.62. The van der Waals surface area contributed by atoms with Gasteiger partial charge in [-0.2, -0.15) is 0 Å². The first-order chi connectivity index (χ1) is 8.90. The summed E-state index contributed by atoms with van der Waals surface area (Å²) in [5.74, 6) is -3.46. The maximum absolute atomic E-state index is 11.5. The minimum atomic E-state index is -1.41. The maximum atomic E-state index is 11.5. The number of anilines is 1. The van der Waals surface area contributed by atoms with E-state index in [-0.39, 0.29) is 30.0 Å². The van der Waals surface area contributed by atoms with Crippen molar-refractivity contribution in [2.24, 2.45) is 0 Å². The fourth-order valence-corrected chi connectivity index (χ4v) is 1.88. The van der Waals surface area contributed by atoms with Gasteiger partial charge >= 0.3 is 11.9 Å². The average molecular weight is 263 g/mol. The van der Waals surface area contributed by atoms with Gasteiger partial charge in [-0.05, 0) is 18.2 Å². The predicted octanol–water partition coefficient (Wildman–Crippen LogP) is 0.389. The van der Waals surface area contributed by atoms with E-state index >= 15 is 0 Å². The summed E-state index contributed by atoms with van der Waals surface area (Å²) in [5.41, 5.74) is -0.579. The van der Waals surface area contributed by atoms with Crippen LogP contribution < -0.4 is 4.90 Å². The van der Waals surface area contributed by atoms with Crippen molar-refractivity contribution in [3.8, 4) is 0 Å². The number of benzene rings is 1. The van der Waals surface area contributed by atoms with Crippen molar-refractivity contribution in [2.75, 3.05) is 11.4 Å². The summed E-state index contributed by atoms with van der Waals surface area (Å²) in [6.45, 7) is -0.121. The fraction of sp³-hybridized carbons (Fsp3) is 0.167. The molecule has 0 radical (unpaired) electrons. The molecule has 0 aromatic heterocycles. The number of hydrogen-bond acceptors (Lipinski definition) is 4. The molecule has 0 unspecified atom stereocenters. The van der Waals surface area contributed by atoms with Crippen LogP contribution in [0.15, 0.2) is 18.2 Å². The Balaban J connectivity index is 2.47. The first kappa shape index (κ1) is 12.7. The second kappa shape index (κ2) is 4.52. The molecule has 1 amide bonds. The molecule has 0 saturated carbocycles. The molecule has 7 nitrogen and oxygen atoms in total. The summed E-state index contributed by atoms with van der Waals surface area (Å²) in [5, 5.41) is 17.8. The summed E-state index contributed by atoms with van der Waals surface area (Å²) >= 11 is 0. The molecular formula is C12H9NO6. The van der Waals surface area contributed by atoms with Gasteiger partial charge in [-0.25, -0.2) is 9.59 Å². The minimum absolute atomic E-state index is 0.121. The normalized spacial score (nSPS) is 14.8. The number of rotatable bonds is 3. The average Bonchev–Trinajstić information content (AvgIpc) is 2.67. The third kappa shape index (κ3) is 2.30. The van der Waals surface area contributed by atoms with Gasteiger partial charge < -0.3 is 15.1 Å². The van der Waals surface area contributed by atoms with Crippen LogP contribution in [-0.2, 0) is 9.59 Å². The Bertz CT molecular complexity index is 606. The molecule has 1 heterocycles. The van der Waals surface area contributed by atoms with Crippen LogP contribution in [0.5, 0.6) is 0 Å². The molecule has 2 rings (SSSR count). The van der Waals surface area contributed by atoms with Crippen molar-refractivity contribution in [2.45, 2.75) is 6.42 Å². The zero-order chi connectivity index (χ0) is 14.2. The standard InChI is InChI=1S/C12H9NO6/c14-7-4-10(15)13(5-7)6-1-2-8(11(16)17)9(3-6)12(18)19/h1-3H,4-5H2,(H,16,17)(H,18,19). The van der Waals surface area contributed by atoms with E-state index in [0.717, 1.165) is 17.0 Å². The minimum Gasteiger partial charge on any atom is -0.478 e. The van der Waals surface area contributed by atoms with Crippen molar-refractivity contribution in [1.82, 2.24) is 0 Å². The number of amides is 1. The number of aromatic carboxylic acids is 2. The summed E-state index contributed by atoms with van der Waals surface area (Å²) in [6.07, 6.45) is -0.219. The first-order valence-corrected chi connectivity index (χ1v) is 5.33. The summed E-state index contributed by atoms with van der Waals surface area (Å²) < 4.78 is 0. The number of hydrogen-bond donors (Lipinski definition) is 2. The number of carboxylic acid groups (broad SMARTS) is 2. The van der Waals surface area contributed by atoms with Gasteiger partial charge in [0.25, 0.3) is 0 Å². The van der Waals surface area contributed by atoms with Gasteiger partial charge in [-0.1, -0.05) is 0 Å². The van der Waals surface area contributed by atoms with Gasteiger partial charge in [0.1, 0.15) is 0 Å². The molecule has 1 aromatic carbocycles. The first-order valence-electron chi connectivity index (χ1n) is 5.33. The van der Waals surface area contributed by atoms with Crippen molar-refractivity contribution in [3.05, 3.63) is 29.3 Å². The molecule has 1 fully saturated rings. The molecule has 19 heavy (non-hydrogen) atoms. The molecule has 0 atom stereocenters. The van der Waals surface area contributed by atoms with Crippen LogP contribution in [0.2, 0.25) is 0 Å². The smallest absolute Gasteiger partial charge is 0.336 e. The van der Waals surface area contributed by atoms with Crippen molar-refractivity contribution in [1.29, 1.82) is 0 Å². The van der Waals surface area contributed by atoms with Crippen LogP contribution in [-0.4, -0.2) is 40.4 Å².